The maximum Gasteiger partial charge on any atom is 0.255 e. The van der Waals surface area contributed by atoms with Crippen molar-refractivity contribution in [2.75, 3.05) is 63.8 Å². The first kappa shape index (κ1) is 48.4. The van der Waals surface area contributed by atoms with Gasteiger partial charge in [-0.3, -0.25) is 39.4 Å². The molecule has 0 saturated carbocycles. The lowest BCUT2D eigenvalue weighted by Crippen LogP contribution is -2.52. The lowest BCUT2D eigenvalue weighted by atomic mass is 9.86. The molecule has 0 bridgehead atoms. The SMILES string of the molecule is C[C@H](NC(=O)c1cccc(NC2(c3nc(-c4ccncc4)n[nH]3)CCN(C)CC2)c1)c1ccc(OCCCCCOCCCOCC(=O)Nc2cccc3c2CN(C2CCC(=O)NC2=O)C3=O)cc1. The molecule has 5 N–H and O–H groups in total. The van der Waals surface area contributed by atoms with Crippen LogP contribution in [0.2, 0.25) is 0 Å². The summed E-state index contributed by atoms with van der Waals surface area (Å²) < 4.78 is 17.3. The van der Waals surface area contributed by atoms with Crippen molar-refractivity contribution in [3.8, 4) is 17.1 Å². The third-order valence-electron chi connectivity index (χ3n) is 12.8. The average molecular weight is 941 g/mol. The Bertz CT molecular complexity index is 2580. The van der Waals surface area contributed by atoms with Crippen LogP contribution in [-0.4, -0.2) is 119 Å². The van der Waals surface area contributed by atoms with E-state index in [1.54, 1.807) is 30.6 Å². The van der Waals surface area contributed by atoms with Gasteiger partial charge in [-0.15, -0.1) is 0 Å². The van der Waals surface area contributed by atoms with E-state index in [0.29, 0.717) is 61.1 Å². The number of likely N-dealkylation sites (tertiary alicyclic amines) is 1. The molecule has 362 valence electrons. The number of ether oxygens (including phenoxy) is 3. The van der Waals surface area contributed by atoms with Crippen LogP contribution in [0.25, 0.3) is 11.4 Å². The first-order chi connectivity index (χ1) is 33.5. The number of hydrogen-bond acceptors (Lipinski definition) is 13. The van der Waals surface area contributed by atoms with Gasteiger partial charge in [0, 0.05) is 91.9 Å². The molecule has 1 unspecified atom stereocenters. The highest BCUT2D eigenvalue weighted by atomic mass is 16.5. The number of fused-ring (bicyclic) bond motifs is 1. The van der Waals surface area contributed by atoms with Gasteiger partial charge in [0.05, 0.1) is 18.2 Å². The molecule has 2 atom stereocenters. The molecule has 2 aromatic heterocycles. The van der Waals surface area contributed by atoms with Crippen molar-refractivity contribution >= 4 is 40.9 Å². The second kappa shape index (κ2) is 22.9. The molecule has 0 aliphatic carbocycles. The molecule has 3 aliphatic heterocycles. The van der Waals surface area contributed by atoms with Crippen molar-refractivity contribution in [1.29, 1.82) is 0 Å². The molecule has 18 nitrogen and oxygen atoms in total. The highest BCUT2D eigenvalue weighted by Crippen LogP contribution is 2.36. The van der Waals surface area contributed by atoms with Gasteiger partial charge in [-0.05, 0) is 119 Å². The number of aromatic amines is 1. The normalized spacial score (nSPS) is 17.2. The lowest BCUT2D eigenvalue weighted by molar-refractivity contribution is -0.137. The summed E-state index contributed by atoms with van der Waals surface area (Å²) in [5, 5.41) is 19.7. The Labute approximate surface area is 401 Å². The van der Waals surface area contributed by atoms with E-state index in [9.17, 15) is 24.0 Å². The van der Waals surface area contributed by atoms with Crippen molar-refractivity contribution in [2.24, 2.45) is 0 Å². The van der Waals surface area contributed by atoms with Gasteiger partial charge in [-0.2, -0.15) is 5.10 Å². The minimum Gasteiger partial charge on any atom is -0.494 e. The number of carbonyl (C=O) groups is 5. The third kappa shape index (κ3) is 12.4. The predicted octanol–water partition coefficient (Wildman–Crippen LogP) is 5.76. The van der Waals surface area contributed by atoms with Crippen LogP contribution in [0.15, 0.2) is 91.3 Å². The van der Waals surface area contributed by atoms with Crippen LogP contribution in [0, 0.1) is 0 Å². The van der Waals surface area contributed by atoms with Crippen LogP contribution < -0.4 is 26.0 Å². The number of piperidine rings is 2. The zero-order chi connectivity index (χ0) is 48.2. The lowest BCUT2D eigenvalue weighted by Gasteiger charge is -2.40. The molecular weight excluding hydrogens is 881 g/mol. The molecule has 5 amide bonds. The van der Waals surface area contributed by atoms with Crippen molar-refractivity contribution in [3.63, 3.8) is 0 Å². The van der Waals surface area contributed by atoms with Crippen molar-refractivity contribution in [1.82, 2.24) is 40.6 Å². The molecule has 3 aromatic carbocycles. The van der Waals surface area contributed by atoms with Gasteiger partial charge in [0.2, 0.25) is 17.7 Å². The van der Waals surface area contributed by atoms with Gasteiger partial charge in [-0.25, -0.2) is 4.98 Å². The standard InChI is InChI=1S/C51H60N10O8/c1-34(53-47(64)37-9-6-10-38(31-37)57-51(21-25-60(2)26-22-51)50-56-46(58-59-50)36-19-23-52-24-20-36)35-13-15-39(16-14-35)69-30-5-3-4-27-67-28-8-29-68-33-45(63)54-42-12-7-11-40-41(42)32-61(49(40)66)43-17-18-44(62)55-48(43)65/h6-7,9-16,19-20,23-24,31,34,43,57H,3-5,8,17-18,21-22,25-30,32-33H2,1-2H3,(H,53,64)(H,54,63)(H,55,62,65)(H,56,58,59)/t34-,43?/m0/s1. The molecule has 8 rings (SSSR count). The number of imide groups is 1. The van der Waals surface area contributed by atoms with Gasteiger partial charge in [0.25, 0.3) is 11.8 Å². The second-order valence-electron chi connectivity index (χ2n) is 17.8. The van der Waals surface area contributed by atoms with Crippen LogP contribution in [-0.2, 0) is 35.9 Å². The van der Waals surface area contributed by atoms with Crippen LogP contribution >= 0.6 is 0 Å². The molecule has 69 heavy (non-hydrogen) atoms. The highest BCUT2D eigenvalue weighted by molar-refractivity contribution is 6.07. The van der Waals surface area contributed by atoms with Gasteiger partial charge in [0.1, 0.15) is 18.4 Å². The number of H-pyrrole nitrogens is 1. The van der Waals surface area contributed by atoms with Gasteiger partial charge in [-0.1, -0.05) is 24.3 Å². The van der Waals surface area contributed by atoms with E-state index in [4.69, 9.17) is 19.2 Å². The first-order valence-electron chi connectivity index (χ1n) is 23.7. The summed E-state index contributed by atoms with van der Waals surface area (Å²) in [5.74, 6) is 0.505. The van der Waals surface area contributed by atoms with Gasteiger partial charge in [0.15, 0.2) is 11.6 Å². The molecule has 0 spiro atoms. The zero-order valence-corrected chi connectivity index (χ0v) is 39.1. The van der Waals surface area contributed by atoms with E-state index in [-0.39, 0.29) is 55.7 Å². The van der Waals surface area contributed by atoms with Crippen molar-refractivity contribution in [3.05, 3.63) is 119 Å². The Balaban J connectivity index is 0.686. The fourth-order valence-corrected chi connectivity index (χ4v) is 8.85. The van der Waals surface area contributed by atoms with E-state index in [1.165, 1.54) is 4.90 Å². The quantitative estimate of drug-likeness (QED) is 0.0412. The summed E-state index contributed by atoms with van der Waals surface area (Å²) in [7, 11) is 2.12. The number of pyridine rings is 1. The monoisotopic (exact) mass is 940 g/mol. The number of benzene rings is 3. The van der Waals surface area contributed by atoms with Crippen LogP contribution in [0.1, 0.15) is 102 Å². The molecule has 2 saturated heterocycles. The van der Waals surface area contributed by atoms with Crippen molar-refractivity contribution in [2.45, 2.75) is 82.5 Å². The van der Waals surface area contributed by atoms with E-state index in [1.807, 2.05) is 67.6 Å². The molecule has 0 radical (unpaired) electrons. The number of nitrogens with zero attached hydrogens (tertiary/aromatic N) is 5. The molecule has 2 fully saturated rings. The number of unbranched alkanes of at least 4 members (excludes halogenated alkanes) is 2. The van der Waals surface area contributed by atoms with Gasteiger partial charge < -0.3 is 40.0 Å². The number of carbonyl (C=O) groups excluding carboxylic acids is 5. The first-order valence-corrected chi connectivity index (χ1v) is 23.7. The van der Waals surface area contributed by atoms with E-state index in [0.717, 1.165) is 73.6 Å². The highest BCUT2D eigenvalue weighted by Gasteiger charge is 2.41. The summed E-state index contributed by atoms with van der Waals surface area (Å²) in [5.41, 5.74) is 4.31. The summed E-state index contributed by atoms with van der Waals surface area (Å²) in [4.78, 5) is 76.0. The minimum atomic E-state index is -0.729. The molecule has 3 aliphatic rings. The minimum absolute atomic E-state index is 0.150. The van der Waals surface area contributed by atoms with Crippen molar-refractivity contribution < 1.29 is 38.2 Å². The number of anilines is 2. The van der Waals surface area contributed by atoms with E-state index >= 15 is 0 Å². The predicted molar refractivity (Wildman–Crippen MR) is 257 cm³/mol. The Kier molecular flexibility index (Phi) is 16.0. The number of nitrogens with one attached hydrogen (secondary N) is 5. The van der Waals surface area contributed by atoms with Crippen LogP contribution in [0.3, 0.4) is 0 Å². The van der Waals surface area contributed by atoms with E-state index in [2.05, 4.69) is 48.4 Å². The molecule has 5 aromatic rings. The topological polar surface area (TPSA) is 222 Å². The fourth-order valence-electron chi connectivity index (χ4n) is 8.85. The molecule has 18 heteroatoms. The Morgan fingerprint density at radius 3 is 2.43 bits per heavy atom. The van der Waals surface area contributed by atoms with E-state index < -0.39 is 17.5 Å². The van der Waals surface area contributed by atoms with Crippen LogP contribution in [0.4, 0.5) is 11.4 Å². The summed E-state index contributed by atoms with van der Waals surface area (Å²) in [6.07, 6.45) is 8.86. The summed E-state index contributed by atoms with van der Waals surface area (Å²) in [6.45, 7) is 5.80. The number of rotatable bonds is 22. The third-order valence-corrected chi connectivity index (χ3v) is 12.8. The number of aromatic nitrogens is 4. The van der Waals surface area contributed by atoms with Gasteiger partial charge >= 0.3 is 0 Å². The zero-order valence-electron chi connectivity index (χ0n) is 39.1. The average Bonchev–Trinajstić information content (AvgIpc) is 3.99. The Hall–Kier alpha value is -7.02. The summed E-state index contributed by atoms with van der Waals surface area (Å²) >= 11 is 0. The smallest absolute Gasteiger partial charge is 0.255 e. The maximum atomic E-state index is 13.5. The largest absolute Gasteiger partial charge is 0.494 e. The Morgan fingerprint density at radius 2 is 1.64 bits per heavy atom. The molecule has 5 heterocycles. The maximum absolute atomic E-state index is 13.5. The second-order valence-corrected chi connectivity index (χ2v) is 17.8. The fraction of sp³-hybridized carbons (Fsp3) is 0.412. The summed E-state index contributed by atoms with van der Waals surface area (Å²) in [6, 6.07) is 23.3. The Morgan fingerprint density at radius 1 is 0.884 bits per heavy atom. The molecular formula is C51H60N10O8. The van der Waals surface area contributed by atoms with Crippen LogP contribution in [0.5, 0.6) is 5.75 Å². The number of hydrogen-bond donors (Lipinski definition) is 5. The number of amides is 5.